The monoisotopic (exact) mass is 271 g/mol. The molecule has 20 heavy (non-hydrogen) atoms. The summed E-state index contributed by atoms with van der Waals surface area (Å²) in [5.74, 6) is -2.49. The Morgan fingerprint density at radius 3 is 2.40 bits per heavy atom. The van der Waals surface area contributed by atoms with Crippen molar-refractivity contribution in [2.45, 2.75) is 5.60 Å². The van der Waals surface area contributed by atoms with Crippen LogP contribution in [0, 0.1) is 5.82 Å². The van der Waals surface area contributed by atoms with Crippen LogP contribution in [0.1, 0.15) is 15.9 Å². The molecular formula is C15H10FNO3. The fourth-order valence-corrected chi connectivity index (χ4v) is 2.28. The van der Waals surface area contributed by atoms with Crippen LogP contribution < -0.4 is 5.32 Å². The normalized spacial score (nSPS) is 21.3. The first-order chi connectivity index (χ1) is 9.55. The van der Waals surface area contributed by atoms with E-state index in [2.05, 4.69) is 5.32 Å². The van der Waals surface area contributed by atoms with Crippen LogP contribution in [0.3, 0.4) is 0 Å². The zero-order valence-electron chi connectivity index (χ0n) is 10.3. The number of aliphatic hydroxyl groups is 1. The van der Waals surface area contributed by atoms with Gasteiger partial charge in [0.2, 0.25) is 11.4 Å². The summed E-state index contributed by atoms with van der Waals surface area (Å²) in [6.07, 6.45) is 0. The molecule has 0 aliphatic carbocycles. The molecule has 0 saturated heterocycles. The van der Waals surface area contributed by atoms with Crippen molar-refractivity contribution in [2.75, 3.05) is 5.32 Å². The van der Waals surface area contributed by atoms with E-state index in [1.807, 2.05) is 0 Å². The fraction of sp³-hybridized carbons (Fsp3) is 0.0667. The molecule has 0 fully saturated rings. The van der Waals surface area contributed by atoms with E-state index in [9.17, 15) is 19.1 Å². The van der Waals surface area contributed by atoms with Crippen LogP contribution in [-0.2, 0) is 10.4 Å². The van der Waals surface area contributed by atoms with Crippen LogP contribution in [0.4, 0.5) is 10.1 Å². The smallest absolute Gasteiger partial charge is 0.269 e. The van der Waals surface area contributed by atoms with Crippen molar-refractivity contribution in [2.24, 2.45) is 0 Å². The zero-order chi connectivity index (χ0) is 14.3. The number of Topliss-reactive ketones (excluding diaryl/α,β-unsaturated/α-hetero) is 1. The van der Waals surface area contributed by atoms with Gasteiger partial charge in [-0.2, -0.15) is 0 Å². The molecule has 1 amide bonds. The number of hydrogen-bond donors (Lipinski definition) is 2. The summed E-state index contributed by atoms with van der Waals surface area (Å²) in [5, 5.41) is 12.8. The topological polar surface area (TPSA) is 66.4 Å². The van der Waals surface area contributed by atoms with Gasteiger partial charge in [-0.1, -0.05) is 36.4 Å². The molecule has 4 nitrogen and oxygen atoms in total. The molecule has 1 heterocycles. The Bertz CT molecular complexity index is 714. The lowest BCUT2D eigenvalue weighted by molar-refractivity contribution is -0.130. The largest absolute Gasteiger partial charge is 0.369 e. The Hall–Kier alpha value is -2.53. The van der Waals surface area contributed by atoms with Crippen LogP contribution in [0.15, 0.2) is 48.5 Å². The van der Waals surface area contributed by atoms with Crippen molar-refractivity contribution < 1.29 is 19.1 Å². The Morgan fingerprint density at radius 2 is 1.70 bits per heavy atom. The molecule has 100 valence electrons. The van der Waals surface area contributed by atoms with E-state index in [0.29, 0.717) is 0 Å². The maximum Gasteiger partial charge on any atom is 0.269 e. The second-order valence-electron chi connectivity index (χ2n) is 4.52. The summed E-state index contributed by atoms with van der Waals surface area (Å²) in [6.45, 7) is 0. The molecule has 2 aromatic carbocycles. The fourth-order valence-electron chi connectivity index (χ4n) is 2.28. The molecule has 0 bridgehead atoms. The third-order valence-corrected chi connectivity index (χ3v) is 3.35. The molecule has 0 saturated carbocycles. The minimum absolute atomic E-state index is 0.0454. The first-order valence-corrected chi connectivity index (χ1v) is 5.98. The van der Waals surface area contributed by atoms with Crippen molar-refractivity contribution in [3.63, 3.8) is 0 Å². The van der Waals surface area contributed by atoms with Crippen LogP contribution in [0.25, 0.3) is 0 Å². The molecule has 0 aromatic heterocycles. The number of fused-ring (bicyclic) bond motifs is 1. The van der Waals surface area contributed by atoms with Crippen molar-refractivity contribution >= 4 is 17.4 Å². The van der Waals surface area contributed by atoms with Crippen LogP contribution in [-0.4, -0.2) is 16.8 Å². The van der Waals surface area contributed by atoms with Gasteiger partial charge in [-0.15, -0.1) is 0 Å². The summed E-state index contributed by atoms with van der Waals surface area (Å²) in [7, 11) is 0. The average Bonchev–Trinajstić information content (AvgIpc) is 2.47. The van der Waals surface area contributed by atoms with E-state index in [4.69, 9.17) is 0 Å². The molecule has 1 atom stereocenters. The second-order valence-corrected chi connectivity index (χ2v) is 4.52. The summed E-state index contributed by atoms with van der Waals surface area (Å²) in [4.78, 5) is 24.5. The minimum Gasteiger partial charge on any atom is -0.369 e. The molecule has 2 N–H and O–H groups in total. The quantitative estimate of drug-likeness (QED) is 0.778. The second kappa shape index (κ2) is 4.25. The number of rotatable bonds is 1. The molecule has 2 aromatic rings. The number of carbonyl (C=O) groups excluding carboxylic acids is 2. The highest BCUT2D eigenvalue weighted by Crippen LogP contribution is 2.35. The summed E-state index contributed by atoms with van der Waals surface area (Å²) in [5.41, 5.74) is -2.42. The highest BCUT2D eigenvalue weighted by Gasteiger charge is 2.50. The zero-order valence-corrected chi connectivity index (χ0v) is 10.3. The number of amides is 1. The number of carbonyl (C=O) groups is 2. The number of hydrogen-bond acceptors (Lipinski definition) is 3. The molecule has 5 heteroatoms. The minimum atomic E-state index is -2.33. The van der Waals surface area contributed by atoms with Crippen molar-refractivity contribution in [1.82, 2.24) is 0 Å². The van der Waals surface area contributed by atoms with Gasteiger partial charge < -0.3 is 10.4 Å². The Kier molecular flexibility index (Phi) is 2.65. The summed E-state index contributed by atoms with van der Waals surface area (Å²) >= 11 is 0. The maximum absolute atomic E-state index is 13.6. The SMILES string of the molecule is O=C1Nc2c(F)cccc2C(=O)C1(O)c1ccccc1. The highest BCUT2D eigenvalue weighted by molar-refractivity contribution is 6.26. The Labute approximate surface area is 113 Å². The molecular weight excluding hydrogens is 261 g/mol. The molecule has 0 radical (unpaired) electrons. The van der Waals surface area contributed by atoms with E-state index in [0.717, 1.165) is 6.07 Å². The van der Waals surface area contributed by atoms with Gasteiger partial charge in [0.1, 0.15) is 5.82 Å². The van der Waals surface area contributed by atoms with Gasteiger partial charge in [-0.25, -0.2) is 4.39 Å². The van der Waals surface area contributed by atoms with Gasteiger partial charge in [-0.05, 0) is 12.1 Å². The molecule has 3 rings (SSSR count). The molecule has 1 aliphatic heterocycles. The molecule has 0 spiro atoms. The molecule has 1 unspecified atom stereocenters. The predicted molar refractivity (Wildman–Crippen MR) is 69.7 cm³/mol. The predicted octanol–water partition coefficient (Wildman–Crippen LogP) is 1.85. The van der Waals surface area contributed by atoms with E-state index < -0.39 is 23.1 Å². The van der Waals surface area contributed by atoms with E-state index in [1.165, 1.54) is 24.3 Å². The van der Waals surface area contributed by atoms with Crippen LogP contribution in [0.2, 0.25) is 0 Å². The van der Waals surface area contributed by atoms with Gasteiger partial charge in [0.25, 0.3) is 5.91 Å². The van der Waals surface area contributed by atoms with E-state index in [-0.39, 0.29) is 16.8 Å². The highest BCUT2D eigenvalue weighted by atomic mass is 19.1. The lowest BCUT2D eigenvalue weighted by Gasteiger charge is -2.31. The van der Waals surface area contributed by atoms with Crippen LogP contribution in [0.5, 0.6) is 0 Å². The van der Waals surface area contributed by atoms with Crippen molar-refractivity contribution in [1.29, 1.82) is 0 Å². The molecule has 1 aliphatic rings. The van der Waals surface area contributed by atoms with Crippen molar-refractivity contribution in [3.8, 4) is 0 Å². The first kappa shape index (κ1) is 12.5. The van der Waals surface area contributed by atoms with E-state index >= 15 is 0 Å². The van der Waals surface area contributed by atoms with Gasteiger partial charge in [-0.3, -0.25) is 9.59 Å². The van der Waals surface area contributed by atoms with E-state index in [1.54, 1.807) is 18.2 Å². The Morgan fingerprint density at radius 1 is 1.00 bits per heavy atom. The lowest BCUT2D eigenvalue weighted by atomic mass is 9.82. The van der Waals surface area contributed by atoms with Gasteiger partial charge in [0, 0.05) is 11.1 Å². The maximum atomic E-state index is 13.6. The number of para-hydroxylation sites is 1. The average molecular weight is 271 g/mol. The van der Waals surface area contributed by atoms with Crippen molar-refractivity contribution in [3.05, 3.63) is 65.5 Å². The number of halogens is 1. The summed E-state index contributed by atoms with van der Waals surface area (Å²) < 4.78 is 13.6. The number of ketones is 1. The van der Waals surface area contributed by atoms with Gasteiger partial charge >= 0.3 is 0 Å². The van der Waals surface area contributed by atoms with Gasteiger partial charge in [0.15, 0.2) is 0 Å². The number of benzene rings is 2. The van der Waals surface area contributed by atoms with Crippen LogP contribution >= 0.6 is 0 Å². The third-order valence-electron chi connectivity index (χ3n) is 3.35. The number of anilines is 1. The standard InChI is InChI=1S/C15H10FNO3/c16-11-8-4-7-10-12(11)17-14(19)15(20,13(10)18)9-5-2-1-3-6-9/h1-8,20H,(H,17,19). The first-order valence-electron chi connectivity index (χ1n) is 5.98. The summed E-state index contributed by atoms with van der Waals surface area (Å²) in [6, 6.07) is 11.7. The Balaban J connectivity index is 2.21. The van der Waals surface area contributed by atoms with Gasteiger partial charge in [0.05, 0.1) is 5.69 Å². The lowest BCUT2D eigenvalue weighted by Crippen LogP contribution is -2.50. The number of nitrogens with one attached hydrogen (secondary N) is 1. The third kappa shape index (κ3) is 1.57.